The normalized spacial score (nSPS) is 14.9. The van der Waals surface area contributed by atoms with Crippen LogP contribution < -0.4 is 14.4 Å². The van der Waals surface area contributed by atoms with Gasteiger partial charge in [-0.2, -0.15) is 4.31 Å². The van der Waals surface area contributed by atoms with Crippen molar-refractivity contribution < 1.29 is 31.1 Å². The van der Waals surface area contributed by atoms with Crippen molar-refractivity contribution in [3.8, 4) is 5.75 Å². The first-order valence-electron chi connectivity index (χ1n) is 11.3. The molecule has 0 atom stereocenters. The Balaban J connectivity index is 1.51. The molecule has 1 saturated heterocycles. The maximum absolute atomic E-state index is 12.7. The minimum atomic E-state index is -3.66. The van der Waals surface area contributed by atoms with E-state index in [-0.39, 0.29) is 24.6 Å². The van der Waals surface area contributed by atoms with Gasteiger partial charge in [-0.1, -0.05) is 25.1 Å². The predicted molar refractivity (Wildman–Crippen MR) is 133 cm³/mol. The summed E-state index contributed by atoms with van der Waals surface area (Å²) in [4.78, 5) is 12.6. The lowest BCUT2D eigenvalue weighted by Crippen LogP contribution is -2.41. The van der Waals surface area contributed by atoms with Gasteiger partial charge in [0.05, 0.1) is 36.6 Å². The molecule has 35 heavy (non-hydrogen) atoms. The zero-order valence-electron chi connectivity index (χ0n) is 19.8. The number of anilines is 1. The molecule has 2 aromatic carbocycles. The van der Waals surface area contributed by atoms with Gasteiger partial charge in [-0.05, 0) is 42.3 Å². The second-order valence-corrected chi connectivity index (χ2v) is 11.8. The molecule has 0 saturated carbocycles. The molecule has 0 radical (unpaired) electrons. The fraction of sp³-hybridized carbons (Fsp3) is 0.435. The van der Waals surface area contributed by atoms with Crippen molar-refractivity contribution in [2.45, 2.75) is 18.2 Å². The van der Waals surface area contributed by atoms with Crippen molar-refractivity contribution in [3.05, 3.63) is 54.1 Å². The molecule has 1 N–H and O–H groups in total. The summed E-state index contributed by atoms with van der Waals surface area (Å²) in [5.41, 5.74) is 1.31. The van der Waals surface area contributed by atoms with E-state index < -0.39 is 26.0 Å². The van der Waals surface area contributed by atoms with Crippen LogP contribution in [0.25, 0.3) is 0 Å². The summed E-state index contributed by atoms with van der Waals surface area (Å²) >= 11 is 0. The highest BCUT2D eigenvalue weighted by Gasteiger charge is 2.26. The number of ether oxygens (including phenoxy) is 2. The minimum Gasteiger partial charge on any atom is -0.492 e. The first kappa shape index (κ1) is 26.9. The van der Waals surface area contributed by atoms with Crippen molar-refractivity contribution in [2.24, 2.45) is 0 Å². The van der Waals surface area contributed by atoms with Gasteiger partial charge in [0.25, 0.3) is 0 Å². The highest BCUT2D eigenvalue weighted by molar-refractivity contribution is 7.92. The molecule has 1 amide bonds. The van der Waals surface area contributed by atoms with Crippen LogP contribution in [-0.2, 0) is 36.0 Å². The maximum atomic E-state index is 12.7. The third-order valence-electron chi connectivity index (χ3n) is 5.45. The van der Waals surface area contributed by atoms with E-state index in [4.69, 9.17) is 9.47 Å². The molecular formula is C23H31N3O7S2. The standard InChI is InChI=1S/C23H31N3O7S2/c1-3-19-6-4-5-7-22(19)26(34(2,28)29)18-23(27)24-12-15-33-20-8-10-21(11-9-20)35(30,31)25-13-16-32-17-14-25/h4-11H,3,12-18H2,1-2H3,(H,24,27). The van der Waals surface area contributed by atoms with Gasteiger partial charge in [-0.15, -0.1) is 0 Å². The number of rotatable bonds is 11. The summed E-state index contributed by atoms with van der Waals surface area (Å²) < 4.78 is 63.3. The van der Waals surface area contributed by atoms with E-state index in [1.54, 1.807) is 24.3 Å². The molecule has 0 aromatic heterocycles. The van der Waals surface area contributed by atoms with E-state index in [9.17, 15) is 21.6 Å². The number of para-hydroxylation sites is 1. The van der Waals surface area contributed by atoms with Crippen molar-refractivity contribution in [3.63, 3.8) is 0 Å². The minimum absolute atomic E-state index is 0.131. The number of nitrogens with zero attached hydrogens (tertiary/aromatic N) is 2. The lowest BCUT2D eigenvalue weighted by Gasteiger charge is -2.26. The first-order valence-corrected chi connectivity index (χ1v) is 14.5. The van der Waals surface area contributed by atoms with Crippen LogP contribution in [-0.4, -0.2) is 79.3 Å². The Morgan fingerprint density at radius 2 is 1.71 bits per heavy atom. The number of benzene rings is 2. The number of nitrogens with one attached hydrogen (secondary N) is 1. The van der Waals surface area contributed by atoms with Crippen LogP contribution >= 0.6 is 0 Å². The molecule has 1 aliphatic rings. The van der Waals surface area contributed by atoms with Gasteiger partial charge >= 0.3 is 0 Å². The van der Waals surface area contributed by atoms with Crippen LogP contribution in [0.2, 0.25) is 0 Å². The smallest absolute Gasteiger partial charge is 0.243 e. The Kier molecular flexibility index (Phi) is 9.11. The molecule has 2 aromatic rings. The Hall–Kier alpha value is -2.67. The first-order chi connectivity index (χ1) is 16.6. The van der Waals surface area contributed by atoms with Crippen LogP contribution in [0.3, 0.4) is 0 Å². The van der Waals surface area contributed by atoms with Gasteiger partial charge in [0.2, 0.25) is 26.0 Å². The van der Waals surface area contributed by atoms with Gasteiger partial charge in [-0.3, -0.25) is 9.10 Å². The Bertz CT molecular complexity index is 1210. The number of amides is 1. The summed E-state index contributed by atoms with van der Waals surface area (Å²) in [7, 11) is -7.24. The quantitative estimate of drug-likeness (QED) is 0.438. The Morgan fingerprint density at radius 1 is 1.06 bits per heavy atom. The largest absolute Gasteiger partial charge is 0.492 e. The van der Waals surface area contributed by atoms with Crippen molar-refractivity contribution >= 4 is 31.6 Å². The second kappa shape index (κ2) is 11.8. The molecule has 3 rings (SSSR count). The molecule has 12 heteroatoms. The van der Waals surface area contributed by atoms with E-state index >= 15 is 0 Å². The number of carbonyl (C=O) groups excluding carboxylic acids is 1. The fourth-order valence-corrected chi connectivity index (χ4v) is 5.92. The molecule has 0 bridgehead atoms. The van der Waals surface area contributed by atoms with Crippen molar-refractivity contribution in [1.82, 2.24) is 9.62 Å². The Morgan fingerprint density at radius 3 is 2.34 bits per heavy atom. The summed E-state index contributed by atoms with van der Waals surface area (Å²) in [5, 5.41) is 2.66. The molecule has 1 fully saturated rings. The summed E-state index contributed by atoms with van der Waals surface area (Å²) in [6.45, 7) is 3.25. The fourth-order valence-electron chi connectivity index (χ4n) is 3.62. The summed E-state index contributed by atoms with van der Waals surface area (Å²) in [6, 6.07) is 13.1. The zero-order chi connectivity index (χ0) is 25.5. The maximum Gasteiger partial charge on any atom is 0.243 e. The number of morpholine rings is 1. The van der Waals surface area contributed by atoms with Crippen LogP contribution in [0.15, 0.2) is 53.4 Å². The molecule has 0 unspecified atom stereocenters. The monoisotopic (exact) mass is 525 g/mol. The summed E-state index contributed by atoms with van der Waals surface area (Å²) in [6.07, 6.45) is 1.70. The topological polar surface area (TPSA) is 122 Å². The predicted octanol–water partition coefficient (Wildman–Crippen LogP) is 1.23. The van der Waals surface area contributed by atoms with Gasteiger partial charge < -0.3 is 14.8 Å². The lowest BCUT2D eigenvalue weighted by molar-refractivity contribution is -0.119. The summed E-state index contributed by atoms with van der Waals surface area (Å²) in [5.74, 6) is -0.00769. The van der Waals surface area contributed by atoms with Crippen LogP contribution in [0, 0.1) is 0 Å². The molecule has 0 spiro atoms. The molecule has 192 valence electrons. The van der Waals surface area contributed by atoms with E-state index in [0.29, 0.717) is 44.2 Å². The highest BCUT2D eigenvalue weighted by atomic mass is 32.2. The number of hydrogen-bond donors (Lipinski definition) is 1. The lowest BCUT2D eigenvalue weighted by atomic mass is 10.1. The second-order valence-electron chi connectivity index (χ2n) is 7.94. The number of hydrogen-bond acceptors (Lipinski definition) is 7. The number of carbonyl (C=O) groups is 1. The van der Waals surface area contributed by atoms with Gasteiger partial charge in [0.1, 0.15) is 18.9 Å². The number of aryl methyl sites for hydroxylation is 1. The molecule has 1 heterocycles. The number of sulfonamides is 2. The van der Waals surface area contributed by atoms with Crippen LogP contribution in [0.1, 0.15) is 12.5 Å². The third kappa shape index (κ3) is 7.17. The van der Waals surface area contributed by atoms with Gasteiger partial charge in [-0.25, -0.2) is 16.8 Å². The highest BCUT2D eigenvalue weighted by Crippen LogP contribution is 2.23. The van der Waals surface area contributed by atoms with Crippen LogP contribution in [0.5, 0.6) is 5.75 Å². The van der Waals surface area contributed by atoms with Crippen molar-refractivity contribution in [2.75, 3.05) is 56.6 Å². The molecule has 1 aliphatic heterocycles. The van der Waals surface area contributed by atoms with E-state index in [2.05, 4.69) is 5.32 Å². The van der Waals surface area contributed by atoms with Crippen LogP contribution in [0.4, 0.5) is 5.69 Å². The SMILES string of the molecule is CCc1ccccc1N(CC(=O)NCCOc1ccc(S(=O)(=O)N2CCOCC2)cc1)S(C)(=O)=O. The van der Waals surface area contributed by atoms with E-state index in [1.165, 1.54) is 16.4 Å². The molecule has 0 aliphatic carbocycles. The molecule has 10 nitrogen and oxygen atoms in total. The zero-order valence-corrected chi connectivity index (χ0v) is 21.5. The average Bonchev–Trinajstić information content (AvgIpc) is 2.85. The van der Waals surface area contributed by atoms with E-state index in [0.717, 1.165) is 16.1 Å². The third-order valence-corrected chi connectivity index (χ3v) is 8.49. The Labute approximate surface area is 206 Å². The van der Waals surface area contributed by atoms with Gasteiger partial charge in [0.15, 0.2) is 0 Å². The molecular weight excluding hydrogens is 494 g/mol. The average molecular weight is 526 g/mol. The van der Waals surface area contributed by atoms with Gasteiger partial charge in [0, 0.05) is 13.1 Å². The van der Waals surface area contributed by atoms with Crippen molar-refractivity contribution in [1.29, 1.82) is 0 Å². The van der Waals surface area contributed by atoms with E-state index in [1.807, 2.05) is 19.1 Å².